The normalized spacial score (nSPS) is 12.1. The van der Waals surface area contributed by atoms with Crippen LogP contribution in [0.25, 0.3) is 121 Å². The third kappa shape index (κ3) is 4.51. The fraction of sp³-hybridized carbons (Fsp3) is 0. The quantitative estimate of drug-likeness (QED) is 0.180. The van der Waals surface area contributed by atoms with Crippen LogP contribution in [0, 0.1) is 0 Å². The monoisotopic (exact) mass is 740 g/mol. The van der Waals surface area contributed by atoms with E-state index in [0.29, 0.717) is 0 Å². The van der Waals surface area contributed by atoms with Gasteiger partial charge in [-0.1, -0.05) is 109 Å². The topological polar surface area (TPSA) is 36.1 Å². The molecule has 58 heavy (non-hydrogen) atoms. The molecule has 4 aromatic heterocycles. The summed E-state index contributed by atoms with van der Waals surface area (Å²) in [6.07, 6.45) is 0. The molecular weight excluding hydrogens is 709 g/mol. The molecule has 4 heterocycles. The summed E-state index contributed by atoms with van der Waals surface area (Å²) in [7, 11) is 0. The number of hydrogen-bond acceptors (Lipinski definition) is 2. The van der Waals surface area contributed by atoms with Gasteiger partial charge in [0, 0.05) is 54.5 Å². The second kappa shape index (κ2) is 11.8. The van der Waals surface area contributed by atoms with Gasteiger partial charge in [0.05, 0.1) is 22.1 Å². The Kier molecular flexibility index (Phi) is 6.41. The molecule has 270 valence electrons. The van der Waals surface area contributed by atoms with Crippen LogP contribution in [0.1, 0.15) is 0 Å². The third-order valence-electron chi connectivity index (χ3n) is 12.1. The molecule has 13 rings (SSSR count). The van der Waals surface area contributed by atoms with Gasteiger partial charge in [-0.25, -0.2) is 0 Å². The van der Waals surface area contributed by atoms with E-state index < -0.39 is 0 Å². The Morgan fingerprint density at radius 1 is 0.241 bits per heavy atom. The molecular formula is C54H32N2O2. The molecule has 0 spiro atoms. The predicted molar refractivity (Wildman–Crippen MR) is 241 cm³/mol. The van der Waals surface area contributed by atoms with Gasteiger partial charge in [0.25, 0.3) is 0 Å². The molecule has 0 aliphatic carbocycles. The van der Waals surface area contributed by atoms with Crippen molar-refractivity contribution in [3.05, 3.63) is 194 Å². The molecule has 0 radical (unpaired) electrons. The van der Waals surface area contributed by atoms with Gasteiger partial charge in [-0.15, -0.1) is 0 Å². The summed E-state index contributed by atoms with van der Waals surface area (Å²) in [5.74, 6) is 0. The van der Waals surface area contributed by atoms with Crippen LogP contribution < -0.4 is 0 Å². The Bertz CT molecular complexity index is 3760. The number of benzene rings is 9. The molecule has 13 aromatic rings. The lowest BCUT2D eigenvalue weighted by Crippen LogP contribution is -2.00. The number of para-hydroxylation sites is 5. The van der Waals surface area contributed by atoms with E-state index in [1.807, 2.05) is 24.3 Å². The summed E-state index contributed by atoms with van der Waals surface area (Å²) >= 11 is 0. The maximum atomic E-state index is 6.27. The number of hydrogen-bond donors (Lipinski definition) is 0. The SMILES string of the molecule is c1ccc2c(c1)oc1ccc(-c3cc(-n4c5ccccc5c5ccccc54)cc(-n4c5ccccc5c5cc(-c6ccc7oc8ccccc8c7c6)ccc54)c3)cc12. The van der Waals surface area contributed by atoms with Crippen LogP contribution in [-0.2, 0) is 0 Å². The molecule has 4 heteroatoms. The van der Waals surface area contributed by atoms with Crippen LogP contribution in [0.5, 0.6) is 0 Å². The van der Waals surface area contributed by atoms with Crippen molar-refractivity contribution >= 4 is 87.5 Å². The molecule has 0 aliphatic heterocycles. The van der Waals surface area contributed by atoms with Crippen LogP contribution in [0.3, 0.4) is 0 Å². The number of aromatic nitrogens is 2. The highest BCUT2D eigenvalue weighted by molar-refractivity contribution is 6.13. The van der Waals surface area contributed by atoms with Crippen molar-refractivity contribution in [2.75, 3.05) is 0 Å². The number of nitrogens with zero attached hydrogens (tertiary/aromatic N) is 2. The van der Waals surface area contributed by atoms with Gasteiger partial charge in [0.2, 0.25) is 0 Å². The van der Waals surface area contributed by atoms with E-state index in [0.717, 1.165) is 83.0 Å². The van der Waals surface area contributed by atoms with Gasteiger partial charge in [0.15, 0.2) is 0 Å². The predicted octanol–water partition coefficient (Wildman–Crippen LogP) is 15.0. The number of fused-ring (bicyclic) bond motifs is 12. The first-order valence-corrected chi connectivity index (χ1v) is 19.7. The lowest BCUT2D eigenvalue weighted by atomic mass is 10.0. The van der Waals surface area contributed by atoms with Crippen molar-refractivity contribution in [3.8, 4) is 33.6 Å². The molecule has 0 atom stereocenters. The average Bonchev–Trinajstić information content (AvgIpc) is 4.03. The van der Waals surface area contributed by atoms with E-state index in [2.05, 4.69) is 179 Å². The minimum atomic E-state index is 0.891. The second-order valence-corrected chi connectivity index (χ2v) is 15.3. The third-order valence-corrected chi connectivity index (χ3v) is 12.1. The van der Waals surface area contributed by atoms with Gasteiger partial charge in [-0.3, -0.25) is 0 Å². The molecule has 0 amide bonds. The summed E-state index contributed by atoms with van der Waals surface area (Å²) in [4.78, 5) is 0. The van der Waals surface area contributed by atoms with E-state index in [1.54, 1.807) is 0 Å². The smallest absolute Gasteiger partial charge is 0.135 e. The molecule has 0 aliphatic rings. The first-order chi connectivity index (χ1) is 28.7. The van der Waals surface area contributed by atoms with Gasteiger partial charge >= 0.3 is 0 Å². The minimum absolute atomic E-state index is 0.891. The maximum Gasteiger partial charge on any atom is 0.135 e. The highest BCUT2D eigenvalue weighted by Crippen LogP contribution is 2.41. The van der Waals surface area contributed by atoms with Crippen molar-refractivity contribution in [2.45, 2.75) is 0 Å². The van der Waals surface area contributed by atoms with Crippen molar-refractivity contribution in [1.29, 1.82) is 0 Å². The fourth-order valence-corrected chi connectivity index (χ4v) is 9.46. The first-order valence-electron chi connectivity index (χ1n) is 19.7. The molecule has 9 aromatic carbocycles. The lowest BCUT2D eigenvalue weighted by Gasteiger charge is -2.16. The maximum absolute atomic E-state index is 6.27. The second-order valence-electron chi connectivity index (χ2n) is 15.3. The van der Waals surface area contributed by atoms with E-state index in [4.69, 9.17) is 8.83 Å². The molecule has 0 saturated heterocycles. The summed E-state index contributed by atoms with van der Waals surface area (Å²) in [5, 5.41) is 9.40. The Balaban J connectivity index is 1.07. The van der Waals surface area contributed by atoms with Crippen LogP contribution in [-0.4, -0.2) is 9.13 Å². The zero-order chi connectivity index (χ0) is 37.9. The molecule has 0 fully saturated rings. The van der Waals surface area contributed by atoms with Gasteiger partial charge in [-0.2, -0.15) is 0 Å². The van der Waals surface area contributed by atoms with Gasteiger partial charge in [0.1, 0.15) is 22.3 Å². The van der Waals surface area contributed by atoms with Gasteiger partial charge in [-0.05, 0) is 107 Å². The van der Waals surface area contributed by atoms with E-state index in [-0.39, 0.29) is 0 Å². The number of furan rings is 2. The Morgan fingerprint density at radius 2 is 0.603 bits per heavy atom. The Hall–Kier alpha value is -7.82. The first kappa shape index (κ1) is 31.4. The van der Waals surface area contributed by atoms with Crippen LogP contribution in [0.4, 0.5) is 0 Å². The Morgan fingerprint density at radius 3 is 1.12 bits per heavy atom. The Labute approximate surface area is 332 Å². The highest BCUT2D eigenvalue weighted by atomic mass is 16.3. The molecule has 0 bridgehead atoms. The molecule has 4 nitrogen and oxygen atoms in total. The molecule has 0 N–H and O–H groups in total. The van der Waals surface area contributed by atoms with Crippen LogP contribution in [0.2, 0.25) is 0 Å². The fourth-order valence-electron chi connectivity index (χ4n) is 9.46. The van der Waals surface area contributed by atoms with Crippen LogP contribution >= 0.6 is 0 Å². The number of rotatable bonds is 4. The largest absolute Gasteiger partial charge is 0.456 e. The molecule has 0 unspecified atom stereocenters. The summed E-state index contributed by atoms with van der Waals surface area (Å²) in [6, 6.07) is 69.9. The summed E-state index contributed by atoms with van der Waals surface area (Å²) < 4.78 is 17.3. The highest BCUT2D eigenvalue weighted by Gasteiger charge is 2.19. The standard InChI is InChI=1S/C54H32N2O2/c1-6-16-47-39(11-1)40-12-2-7-17-48(40)55(47)37-27-36(35-23-26-54-46(31-35)43-15-5-10-20-52(43)58-54)28-38(32-37)56-49-18-8-3-13-41(49)44-29-33(21-24-50(44)56)34-22-25-53-45(30-34)42-14-4-9-19-51(42)57-53/h1-32H. The van der Waals surface area contributed by atoms with Crippen molar-refractivity contribution in [1.82, 2.24) is 9.13 Å². The lowest BCUT2D eigenvalue weighted by molar-refractivity contribution is 0.668. The van der Waals surface area contributed by atoms with Crippen molar-refractivity contribution < 1.29 is 8.83 Å². The summed E-state index contributed by atoms with van der Waals surface area (Å²) in [6.45, 7) is 0. The van der Waals surface area contributed by atoms with E-state index >= 15 is 0 Å². The zero-order valence-corrected chi connectivity index (χ0v) is 31.2. The minimum Gasteiger partial charge on any atom is -0.456 e. The average molecular weight is 741 g/mol. The van der Waals surface area contributed by atoms with Gasteiger partial charge < -0.3 is 18.0 Å². The summed E-state index contributed by atoms with van der Waals surface area (Å²) in [5.41, 5.74) is 15.1. The van der Waals surface area contributed by atoms with Crippen LogP contribution in [0.15, 0.2) is 203 Å². The van der Waals surface area contributed by atoms with E-state index in [1.165, 1.54) is 38.1 Å². The van der Waals surface area contributed by atoms with Crippen molar-refractivity contribution in [3.63, 3.8) is 0 Å². The molecule has 0 saturated carbocycles. The zero-order valence-electron chi connectivity index (χ0n) is 31.2. The van der Waals surface area contributed by atoms with E-state index in [9.17, 15) is 0 Å². The van der Waals surface area contributed by atoms with Crippen molar-refractivity contribution in [2.24, 2.45) is 0 Å².